The van der Waals surface area contributed by atoms with Crippen LogP contribution < -0.4 is 12.4 Å². The molecule has 29 heavy (non-hydrogen) atoms. The first-order valence-corrected chi connectivity index (χ1v) is 9.40. The Balaban J connectivity index is 0.00000420. The van der Waals surface area contributed by atoms with Crippen molar-refractivity contribution in [3.8, 4) is 0 Å². The quantitative estimate of drug-likeness (QED) is 0.147. The van der Waals surface area contributed by atoms with Crippen LogP contribution in [0.15, 0.2) is 79.9 Å². The molecule has 2 atom stereocenters. The number of hydrogen-bond donors (Lipinski definition) is 0. The highest BCUT2D eigenvalue weighted by Gasteiger charge is 2.33. The summed E-state index contributed by atoms with van der Waals surface area (Å²) in [7, 11) is 2.04. The molecule has 0 N–H and O–H groups in total. The summed E-state index contributed by atoms with van der Waals surface area (Å²) in [5.41, 5.74) is 2.29. The third kappa shape index (κ3) is 6.41. The summed E-state index contributed by atoms with van der Waals surface area (Å²) in [6.07, 6.45) is 3.18. The minimum Gasteiger partial charge on any atom is -1.00 e. The van der Waals surface area contributed by atoms with Gasteiger partial charge in [-0.1, -0.05) is 67.8 Å². The van der Waals surface area contributed by atoms with Gasteiger partial charge in [0.25, 0.3) is 0 Å². The van der Waals surface area contributed by atoms with Gasteiger partial charge in [-0.2, -0.15) is 0 Å². The summed E-state index contributed by atoms with van der Waals surface area (Å²) in [5.74, 6) is -0.453. The molecule has 154 valence electrons. The predicted molar refractivity (Wildman–Crippen MR) is 112 cm³/mol. The fourth-order valence-corrected chi connectivity index (χ4v) is 3.07. The van der Waals surface area contributed by atoms with Gasteiger partial charge in [0.15, 0.2) is 5.78 Å². The third-order valence-electron chi connectivity index (χ3n) is 5.05. The first-order valence-electron chi connectivity index (χ1n) is 9.40. The van der Waals surface area contributed by atoms with E-state index in [9.17, 15) is 9.59 Å². The Morgan fingerprint density at radius 1 is 1.03 bits per heavy atom. The highest BCUT2D eigenvalue weighted by molar-refractivity contribution is 6.08. The van der Waals surface area contributed by atoms with Crippen molar-refractivity contribution in [1.29, 1.82) is 0 Å². The zero-order valence-electron chi connectivity index (χ0n) is 17.0. The molecule has 0 spiro atoms. The van der Waals surface area contributed by atoms with Gasteiger partial charge in [0, 0.05) is 17.2 Å². The smallest absolute Gasteiger partial charge is 0.334 e. The second-order valence-corrected chi connectivity index (χ2v) is 6.96. The third-order valence-corrected chi connectivity index (χ3v) is 5.05. The Morgan fingerprint density at radius 3 is 2.14 bits per heavy atom. The van der Waals surface area contributed by atoms with Gasteiger partial charge in [-0.15, -0.1) is 0 Å². The Kier molecular flexibility index (Phi) is 9.53. The number of ketones is 1. The van der Waals surface area contributed by atoms with Gasteiger partial charge in [0.2, 0.25) is 6.23 Å². The average molecular weight is 414 g/mol. The molecule has 0 heterocycles. The van der Waals surface area contributed by atoms with E-state index in [1.807, 2.05) is 55.6 Å². The molecule has 0 aliphatic carbocycles. The van der Waals surface area contributed by atoms with Crippen LogP contribution in [0.2, 0.25) is 0 Å². The van der Waals surface area contributed by atoms with Gasteiger partial charge in [0.1, 0.15) is 0 Å². The Hall–Kier alpha value is -2.69. The lowest BCUT2D eigenvalue weighted by Crippen LogP contribution is -3.00. The first-order chi connectivity index (χ1) is 13.4. The molecule has 0 saturated carbocycles. The molecule has 0 fully saturated rings. The Morgan fingerprint density at radius 2 is 1.62 bits per heavy atom. The van der Waals surface area contributed by atoms with Crippen molar-refractivity contribution < 1.29 is 31.2 Å². The number of ether oxygens (including phenoxy) is 1. The highest BCUT2D eigenvalue weighted by atomic mass is 35.5. The summed E-state index contributed by atoms with van der Waals surface area (Å²) in [6, 6.07) is 16.7. The standard InChI is InChI=1S/C24H28NO3.ClH/c1-5-17-25(4,7-3)22(28-23(26)6-2)18-19-13-15-21(16-14-19)24(27)20-11-9-8-10-12-20;/h5-6,8-16,22H,1-2,7,17-18H2,3-4H3;1H/q+1;/p-1. The van der Waals surface area contributed by atoms with E-state index in [1.165, 1.54) is 6.08 Å². The number of quaternary nitrogens is 1. The van der Waals surface area contributed by atoms with Crippen molar-refractivity contribution in [2.24, 2.45) is 0 Å². The van der Waals surface area contributed by atoms with Gasteiger partial charge in [0.05, 0.1) is 26.6 Å². The normalized spacial score (nSPS) is 13.3. The lowest BCUT2D eigenvalue weighted by molar-refractivity contribution is -0.945. The number of esters is 1. The van der Waals surface area contributed by atoms with E-state index >= 15 is 0 Å². The fraction of sp³-hybridized carbons (Fsp3) is 0.250. The largest absolute Gasteiger partial charge is 1.00 e. The number of hydrogen-bond acceptors (Lipinski definition) is 3. The molecule has 0 aliphatic rings. The predicted octanol–water partition coefficient (Wildman–Crippen LogP) is 1.17. The lowest BCUT2D eigenvalue weighted by Gasteiger charge is -2.39. The number of rotatable bonds is 10. The summed E-state index contributed by atoms with van der Waals surface area (Å²) in [5, 5.41) is 0. The van der Waals surface area contributed by atoms with Gasteiger partial charge >= 0.3 is 5.97 Å². The SMILES string of the molecule is C=CC[N+](C)(CC)C(Cc1ccc(C(=O)c2ccccc2)cc1)OC(=O)C=C.[Cl-]. The minimum atomic E-state index is -0.442. The molecule has 0 amide bonds. The average Bonchev–Trinajstić information content (AvgIpc) is 2.73. The molecule has 2 rings (SSSR count). The van der Waals surface area contributed by atoms with E-state index in [0.717, 1.165) is 12.1 Å². The molecule has 0 saturated heterocycles. The first kappa shape index (κ1) is 24.3. The maximum Gasteiger partial charge on any atom is 0.334 e. The van der Waals surface area contributed by atoms with Crippen LogP contribution in [0, 0.1) is 0 Å². The number of nitrogens with zero attached hydrogens (tertiary/aromatic N) is 1. The molecule has 2 unspecified atom stereocenters. The van der Waals surface area contributed by atoms with Gasteiger partial charge < -0.3 is 17.1 Å². The van der Waals surface area contributed by atoms with Crippen LogP contribution in [-0.2, 0) is 16.0 Å². The van der Waals surface area contributed by atoms with E-state index in [-0.39, 0.29) is 24.4 Å². The van der Waals surface area contributed by atoms with E-state index < -0.39 is 5.97 Å². The monoisotopic (exact) mass is 413 g/mol. The number of carbonyl (C=O) groups is 2. The Labute approximate surface area is 179 Å². The second-order valence-electron chi connectivity index (χ2n) is 6.96. The molecule has 0 bridgehead atoms. The molecule has 0 radical (unpaired) electrons. The maximum absolute atomic E-state index is 12.6. The number of likely N-dealkylation sites (N-methyl/N-ethyl adjacent to an activating group) is 1. The maximum atomic E-state index is 12.6. The van der Waals surface area contributed by atoms with Crippen LogP contribution in [0.5, 0.6) is 0 Å². The minimum absolute atomic E-state index is 0. The molecular formula is C24H28ClNO3. The van der Waals surface area contributed by atoms with Crippen molar-refractivity contribution in [1.82, 2.24) is 0 Å². The van der Waals surface area contributed by atoms with Gasteiger partial charge in [-0.25, -0.2) is 4.79 Å². The molecular weight excluding hydrogens is 386 g/mol. The molecule has 2 aromatic rings. The summed E-state index contributed by atoms with van der Waals surface area (Å²) in [6.45, 7) is 10.8. The van der Waals surface area contributed by atoms with E-state index in [4.69, 9.17) is 4.74 Å². The zero-order chi connectivity index (χ0) is 20.6. The van der Waals surface area contributed by atoms with Gasteiger partial charge in [-0.05, 0) is 18.6 Å². The number of benzene rings is 2. The van der Waals surface area contributed by atoms with Crippen molar-refractivity contribution >= 4 is 11.8 Å². The van der Waals surface area contributed by atoms with E-state index in [1.54, 1.807) is 12.1 Å². The van der Waals surface area contributed by atoms with Crippen LogP contribution in [-0.4, -0.2) is 42.6 Å². The van der Waals surface area contributed by atoms with E-state index in [0.29, 0.717) is 28.6 Å². The molecule has 5 heteroatoms. The van der Waals surface area contributed by atoms with Crippen LogP contribution >= 0.6 is 0 Å². The van der Waals surface area contributed by atoms with Crippen molar-refractivity contribution in [3.63, 3.8) is 0 Å². The van der Waals surface area contributed by atoms with Gasteiger partial charge in [-0.3, -0.25) is 9.28 Å². The van der Waals surface area contributed by atoms with Crippen LogP contribution in [0.25, 0.3) is 0 Å². The summed E-state index contributed by atoms with van der Waals surface area (Å²) >= 11 is 0. The highest BCUT2D eigenvalue weighted by Crippen LogP contribution is 2.19. The fourth-order valence-electron chi connectivity index (χ4n) is 3.07. The summed E-state index contributed by atoms with van der Waals surface area (Å²) < 4.78 is 6.18. The van der Waals surface area contributed by atoms with Crippen LogP contribution in [0.4, 0.5) is 0 Å². The topological polar surface area (TPSA) is 43.4 Å². The number of halogens is 1. The number of carbonyl (C=O) groups excluding carboxylic acids is 2. The van der Waals surface area contributed by atoms with Crippen molar-refractivity contribution in [3.05, 3.63) is 96.6 Å². The van der Waals surface area contributed by atoms with Crippen LogP contribution in [0.1, 0.15) is 28.4 Å². The van der Waals surface area contributed by atoms with Crippen LogP contribution in [0.3, 0.4) is 0 Å². The van der Waals surface area contributed by atoms with Crippen molar-refractivity contribution in [2.75, 3.05) is 20.1 Å². The molecule has 0 aliphatic heterocycles. The van der Waals surface area contributed by atoms with E-state index in [2.05, 4.69) is 20.1 Å². The molecule has 2 aromatic carbocycles. The second kappa shape index (κ2) is 11.3. The molecule has 0 aromatic heterocycles. The Bertz CT molecular complexity index is 833. The zero-order valence-corrected chi connectivity index (χ0v) is 17.8. The molecule has 4 nitrogen and oxygen atoms in total. The van der Waals surface area contributed by atoms with Crippen molar-refractivity contribution in [2.45, 2.75) is 19.6 Å². The lowest BCUT2D eigenvalue weighted by atomic mass is 10.0. The summed E-state index contributed by atoms with van der Waals surface area (Å²) in [4.78, 5) is 24.4.